The maximum Gasteiger partial charge on any atom is 0.354 e. The van der Waals surface area contributed by atoms with Crippen LogP contribution in [0.25, 0.3) is 16.7 Å². The van der Waals surface area contributed by atoms with Gasteiger partial charge in [0.1, 0.15) is 5.65 Å². The van der Waals surface area contributed by atoms with E-state index in [1.807, 2.05) is 30.5 Å². The highest BCUT2D eigenvalue weighted by Crippen LogP contribution is 2.33. The summed E-state index contributed by atoms with van der Waals surface area (Å²) < 4.78 is 1.58. The first-order valence-corrected chi connectivity index (χ1v) is 15.6. The second-order valence-electron chi connectivity index (χ2n) is 14.1. The maximum absolute atomic E-state index is 12.5. The van der Waals surface area contributed by atoms with Crippen molar-refractivity contribution in [3.8, 4) is 5.69 Å². The third-order valence-electron chi connectivity index (χ3n) is 8.14. The smallest absolute Gasteiger partial charge is 0.354 e. The molecule has 4 rings (SSSR count). The van der Waals surface area contributed by atoms with Gasteiger partial charge in [0.05, 0.1) is 5.69 Å². The number of fused-ring (bicyclic) bond motifs is 1. The fourth-order valence-corrected chi connectivity index (χ4v) is 5.22. The molecule has 0 amide bonds. The van der Waals surface area contributed by atoms with Crippen molar-refractivity contribution in [3.05, 3.63) is 58.3 Å². The Morgan fingerprint density at radius 1 is 1.16 bits per heavy atom. The van der Waals surface area contributed by atoms with E-state index in [4.69, 9.17) is 17.2 Å². The number of aromatic nitrogens is 3. The van der Waals surface area contributed by atoms with Crippen molar-refractivity contribution in [2.24, 2.45) is 39.4 Å². The van der Waals surface area contributed by atoms with E-state index >= 15 is 0 Å². The van der Waals surface area contributed by atoms with Gasteiger partial charge < -0.3 is 32.4 Å². The van der Waals surface area contributed by atoms with Crippen molar-refractivity contribution in [3.63, 3.8) is 0 Å². The lowest BCUT2D eigenvalue weighted by atomic mass is 9.80. The van der Waals surface area contributed by atoms with E-state index in [2.05, 4.69) is 79.7 Å². The van der Waals surface area contributed by atoms with Crippen LogP contribution in [0, 0.1) is 17.3 Å². The second kappa shape index (κ2) is 15.0. The van der Waals surface area contributed by atoms with Crippen LogP contribution in [0.2, 0.25) is 0 Å². The van der Waals surface area contributed by atoms with E-state index < -0.39 is 0 Å². The number of guanidine groups is 1. The van der Waals surface area contributed by atoms with Gasteiger partial charge in [0.25, 0.3) is 0 Å². The Kier molecular flexibility index (Phi) is 12.0. The van der Waals surface area contributed by atoms with Gasteiger partial charge in [-0.05, 0) is 73.5 Å². The first kappa shape index (κ1) is 34.3. The lowest BCUT2D eigenvalue weighted by Crippen LogP contribution is -2.31. The van der Waals surface area contributed by atoms with Crippen LogP contribution in [0.5, 0.6) is 0 Å². The third kappa shape index (κ3) is 10.5. The predicted octanol–water partition coefficient (Wildman–Crippen LogP) is 3.71. The molecule has 1 aliphatic rings. The number of nitrogens with one attached hydrogen (secondary N) is 2. The molecule has 8 N–H and O–H groups in total. The quantitative estimate of drug-likeness (QED) is 0.136. The molecule has 1 fully saturated rings. The zero-order chi connectivity index (χ0) is 31.8. The van der Waals surface area contributed by atoms with Crippen molar-refractivity contribution in [2.75, 3.05) is 39.3 Å². The number of nitrogens with two attached hydrogens (primary N) is 3. The molecule has 0 aliphatic carbocycles. The van der Waals surface area contributed by atoms with E-state index in [0.717, 1.165) is 54.3 Å². The van der Waals surface area contributed by atoms with Gasteiger partial charge in [0, 0.05) is 48.9 Å². The number of benzene rings is 1. The Balaban J connectivity index is 0.000000303. The summed E-state index contributed by atoms with van der Waals surface area (Å²) in [5.74, 6) is 1.64. The van der Waals surface area contributed by atoms with Gasteiger partial charge >= 0.3 is 5.69 Å². The number of aliphatic imine (C=N–C) groups is 1. The van der Waals surface area contributed by atoms with E-state index in [-0.39, 0.29) is 17.1 Å². The molecule has 1 saturated heterocycles. The molecule has 1 aliphatic heterocycles. The Morgan fingerprint density at radius 2 is 1.86 bits per heavy atom. The number of nitrogens with zero attached hydrogens (tertiary/aromatic N) is 4. The molecule has 0 radical (unpaired) electrons. The molecule has 0 bridgehead atoms. The molecule has 10 nitrogen and oxygen atoms in total. The molecule has 1 aromatic carbocycles. The molecule has 2 atom stereocenters. The lowest BCUT2D eigenvalue weighted by molar-refractivity contribution is 0.218. The zero-order valence-corrected chi connectivity index (χ0v) is 27.4. The van der Waals surface area contributed by atoms with Crippen LogP contribution >= 0.6 is 0 Å². The normalized spacial score (nSPS) is 16.6. The highest BCUT2D eigenvalue weighted by molar-refractivity contribution is 5.76. The number of hydrogen-bond donors (Lipinski definition) is 5. The highest BCUT2D eigenvalue weighted by atomic mass is 16.1. The number of likely N-dealkylation sites (tertiary alicyclic amines) is 1. The van der Waals surface area contributed by atoms with Crippen molar-refractivity contribution >= 4 is 17.0 Å². The fourth-order valence-electron chi connectivity index (χ4n) is 5.22. The lowest BCUT2D eigenvalue weighted by Gasteiger charge is -2.27. The van der Waals surface area contributed by atoms with E-state index in [0.29, 0.717) is 23.5 Å². The van der Waals surface area contributed by atoms with Crippen molar-refractivity contribution in [1.82, 2.24) is 24.8 Å². The average Bonchev–Trinajstić information content (AvgIpc) is 3.58. The SMILES string of the molecule is CC(C)(C)c1cc2cn(-c3ccc(CNCCCN=C(N)N)cc3)c(=O)nc2[nH]1.C[C@H](CN)CN1CCC(C(C)(C)C)C1. The van der Waals surface area contributed by atoms with E-state index in [1.165, 1.54) is 26.1 Å². The summed E-state index contributed by atoms with van der Waals surface area (Å²) in [7, 11) is 0. The van der Waals surface area contributed by atoms with Crippen LogP contribution in [0.4, 0.5) is 0 Å². The van der Waals surface area contributed by atoms with Crippen molar-refractivity contribution in [2.45, 2.75) is 73.3 Å². The molecule has 10 heteroatoms. The van der Waals surface area contributed by atoms with Crippen molar-refractivity contribution in [1.29, 1.82) is 0 Å². The van der Waals surface area contributed by atoms with Gasteiger partial charge in [0.15, 0.2) is 5.96 Å². The Hall–Kier alpha value is -3.21. The summed E-state index contributed by atoms with van der Waals surface area (Å²) in [6, 6.07) is 9.93. The van der Waals surface area contributed by atoms with Crippen LogP contribution in [0.1, 0.15) is 72.6 Å². The first-order valence-electron chi connectivity index (χ1n) is 15.6. The predicted molar refractivity (Wildman–Crippen MR) is 180 cm³/mol. The summed E-state index contributed by atoms with van der Waals surface area (Å²) in [5.41, 5.74) is 20.0. The van der Waals surface area contributed by atoms with Crippen LogP contribution in [0.15, 0.2) is 46.3 Å². The molecular formula is C33H55N9O. The zero-order valence-electron chi connectivity index (χ0n) is 27.4. The first-order chi connectivity index (χ1) is 20.2. The van der Waals surface area contributed by atoms with Gasteiger partial charge in [0.2, 0.25) is 0 Å². The van der Waals surface area contributed by atoms with E-state index in [9.17, 15) is 4.79 Å². The largest absolute Gasteiger partial charge is 0.370 e. The van der Waals surface area contributed by atoms with Gasteiger partial charge in [-0.1, -0.05) is 60.6 Å². The molecule has 0 saturated carbocycles. The molecule has 43 heavy (non-hydrogen) atoms. The molecule has 3 aromatic rings. The minimum absolute atomic E-state index is 0.0352. The van der Waals surface area contributed by atoms with Gasteiger partial charge in [-0.2, -0.15) is 4.98 Å². The molecule has 238 valence electrons. The minimum Gasteiger partial charge on any atom is -0.370 e. The van der Waals surface area contributed by atoms with Crippen LogP contribution < -0.4 is 28.2 Å². The summed E-state index contributed by atoms with van der Waals surface area (Å²) >= 11 is 0. The van der Waals surface area contributed by atoms with Crippen LogP contribution in [-0.4, -0.2) is 64.7 Å². The van der Waals surface area contributed by atoms with Crippen LogP contribution in [0.3, 0.4) is 0 Å². The molecule has 1 unspecified atom stereocenters. The number of H-pyrrole nitrogens is 1. The fraction of sp³-hybridized carbons (Fsp3) is 0.606. The summed E-state index contributed by atoms with van der Waals surface area (Å²) in [5, 5.41) is 4.27. The molecule has 3 heterocycles. The Bertz CT molecular complexity index is 1370. The number of aromatic amines is 1. The molecule has 2 aromatic heterocycles. The van der Waals surface area contributed by atoms with Gasteiger partial charge in [-0.25, -0.2) is 4.79 Å². The monoisotopic (exact) mass is 593 g/mol. The Morgan fingerprint density at radius 3 is 2.44 bits per heavy atom. The van der Waals surface area contributed by atoms with E-state index in [1.54, 1.807) is 4.57 Å². The standard InChI is InChI=1S/C21H29N7O.C12H26N2/c1-21(2,3)17-11-15-13-28(20(29)27-18(15)26-17)16-7-5-14(6-8-16)12-24-9-4-10-25-19(22)23;1-10(7-13)8-14-6-5-11(9-14)12(2,3)4/h5-8,11,13,24H,4,9-10,12H2,1-3H3,(H4,22,23,25)(H,26,27,29);10-11H,5-9,13H2,1-4H3/t;10-,11?/m.1/s1. The van der Waals surface area contributed by atoms with Crippen molar-refractivity contribution < 1.29 is 0 Å². The summed E-state index contributed by atoms with van der Waals surface area (Å²) in [4.78, 5) is 26.5. The molecular weight excluding hydrogens is 538 g/mol. The van der Waals surface area contributed by atoms with Gasteiger partial charge in [-0.15, -0.1) is 0 Å². The Labute approximate surface area is 257 Å². The number of rotatable bonds is 10. The highest BCUT2D eigenvalue weighted by Gasteiger charge is 2.31. The second-order valence-corrected chi connectivity index (χ2v) is 14.1. The number of hydrogen-bond acceptors (Lipinski definition) is 6. The average molecular weight is 594 g/mol. The third-order valence-corrected chi connectivity index (χ3v) is 8.14. The molecule has 0 spiro atoms. The topological polar surface area (TPSA) is 156 Å². The summed E-state index contributed by atoms with van der Waals surface area (Å²) in [6.07, 6.45) is 4.07. The summed E-state index contributed by atoms with van der Waals surface area (Å²) in [6.45, 7) is 22.4. The minimum atomic E-state index is -0.301. The van der Waals surface area contributed by atoms with Crippen LogP contribution in [-0.2, 0) is 12.0 Å². The maximum atomic E-state index is 12.5. The van der Waals surface area contributed by atoms with Gasteiger partial charge in [-0.3, -0.25) is 9.56 Å².